The second kappa shape index (κ2) is 10.7. The fraction of sp³-hybridized carbons (Fsp3) is 0.818. The molecule has 0 amide bonds. The number of unbranched alkanes of at least 4 members (excludes halogenated alkanes) is 5. The lowest BCUT2D eigenvalue weighted by Gasteiger charge is -1.99. The Labute approximate surface area is 90.0 Å². The minimum absolute atomic E-state index is 0.607. The first kappa shape index (κ1) is 13.6. The van der Waals surface area contributed by atoms with Gasteiger partial charge in [-0.25, -0.2) is 4.99 Å². The van der Waals surface area contributed by atoms with Gasteiger partial charge in [-0.15, -0.1) is 0 Å². The minimum atomic E-state index is -0.607. The molecule has 82 valence electrons. The molecule has 2 nitrogen and oxygen atoms in total. The Morgan fingerprint density at radius 3 is 2.29 bits per heavy atom. The Balaban J connectivity index is 2.99. The van der Waals surface area contributed by atoms with Crippen molar-refractivity contribution in [3.8, 4) is 0 Å². The van der Waals surface area contributed by atoms with Gasteiger partial charge in [0, 0.05) is 29.4 Å². The van der Waals surface area contributed by atoms with Crippen LogP contribution in [0.2, 0.25) is 0 Å². The van der Waals surface area contributed by atoms with Crippen LogP contribution in [-0.2, 0) is 10.8 Å². The average molecular weight is 215 g/mol. The van der Waals surface area contributed by atoms with Gasteiger partial charge in [0.25, 0.3) is 0 Å². The Morgan fingerprint density at radius 1 is 1.14 bits per heavy atom. The molecule has 3 heteroatoms. The molecule has 0 aliphatic carbocycles. The van der Waals surface area contributed by atoms with Crippen LogP contribution < -0.4 is 0 Å². The van der Waals surface area contributed by atoms with Gasteiger partial charge >= 0.3 is 0 Å². The highest BCUT2D eigenvalue weighted by molar-refractivity contribution is 7.84. The van der Waals surface area contributed by atoms with Crippen LogP contribution in [0.15, 0.2) is 11.6 Å². The van der Waals surface area contributed by atoms with Gasteiger partial charge in [0.05, 0.1) is 0 Å². The quantitative estimate of drug-likeness (QED) is 0.429. The molecule has 0 aliphatic heterocycles. The third kappa shape index (κ3) is 11.6. The lowest BCUT2D eigenvalue weighted by atomic mass is 10.1. The van der Waals surface area contributed by atoms with Crippen LogP contribution in [0.1, 0.15) is 38.5 Å². The minimum Gasteiger partial charge on any atom is -0.260 e. The fourth-order valence-electron chi connectivity index (χ4n) is 1.28. The van der Waals surface area contributed by atoms with E-state index in [4.69, 9.17) is 0 Å². The van der Waals surface area contributed by atoms with Crippen molar-refractivity contribution < 1.29 is 4.21 Å². The summed E-state index contributed by atoms with van der Waals surface area (Å²) < 4.78 is 10.7. The molecular weight excluding hydrogens is 194 g/mol. The van der Waals surface area contributed by atoms with Crippen molar-refractivity contribution in [1.29, 1.82) is 0 Å². The molecular formula is C11H21NOS. The van der Waals surface area contributed by atoms with E-state index in [1.54, 1.807) is 6.26 Å². The van der Waals surface area contributed by atoms with Gasteiger partial charge in [-0.05, 0) is 25.3 Å². The van der Waals surface area contributed by atoms with E-state index in [0.29, 0.717) is 0 Å². The summed E-state index contributed by atoms with van der Waals surface area (Å²) in [6.07, 6.45) is 8.99. The van der Waals surface area contributed by atoms with Crippen LogP contribution >= 0.6 is 0 Å². The maximum atomic E-state index is 10.7. The normalized spacial score (nSPS) is 12.1. The molecule has 0 saturated heterocycles. The molecule has 1 atom stereocenters. The third-order valence-electron chi connectivity index (χ3n) is 2.06. The van der Waals surface area contributed by atoms with Crippen molar-refractivity contribution in [3.05, 3.63) is 6.58 Å². The van der Waals surface area contributed by atoms with Crippen LogP contribution in [0.3, 0.4) is 0 Å². The molecule has 0 rings (SSSR count). The first-order valence-electron chi connectivity index (χ1n) is 5.26. The summed E-state index contributed by atoms with van der Waals surface area (Å²) in [7, 11) is -0.607. The maximum Gasteiger partial charge on any atom is 0.0483 e. The fourth-order valence-corrected chi connectivity index (χ4v) is 1.89. The zero-order valence-electron chi connectivity index (χ0n) is 9.13. The first-order valence-corrected chi connectivity index (χ1v) is 6.98. The lowest BCUT2D eigenvalue weighted by molar-refractivity contribution is 0.611. The van der Waals surface area contributed by atoms with E-state index in [0.717, 1.165) is 25.1 Å². The molecule has 0 radical (unpaired) electrons. The number of aliphatic imine (C=N–C) groups is 1. The number of nitrogens with zero attached hydrogens (tertiary/aromatic N) is 1. The molecule has 0 aliphatic rings. The Kier molecular flexibility index (Phi) is 10.4. The summed E-state index contributed by atoms with van der Waals surface area (Å²) in [5.41, 5.74) is 0. The number of rotatable bonds is 9. The van der Waals surface area contributed by atoms with Gasteiger partial charge in [0.1, 0.15) is 0 Å². The highest BCUT2D eigenvalue weighted by Crippen LogP contribution is 2.05. The summed E-state index contributed by atoms with van der Waals surface area (Å²) in [4.78, 5) is 3.93. The summed E-state index contributed by atoms with van der Waals surface area (Å²) in [6.45, 7) is 4.28. The molecule has 0 N–H and O–H groups in total. The maximum absolute atomic E-state index is 10.7. The van der Waals surface area contributed by atoms with E-state index in [2.05, 4.69) is 17.4 Å². The van der Waals surface area contributed by atoms with Gasteiger partial charge in [0.2, 0.25) is 0 Å². The lowest BCUT2D eigenvalue weighted by Crippen LogP contribution is -1.93. The topological polar surface area (TPSA) is 29.4 Å². The largest absolute Gasteiger partial charge is 0.260 e. The van der Waals surface area contributed by atoms with Crippen LogP contribution in [0.4, 0.5) is 0 Å². The van der Waals surface area contributed by atoms with Crippen molar-refractivity contribution in [1.82, 2.24) is 0 Å². The molecule has 0 spiro atoms. The molecule has 0 saturated carbocycles. The molecule has 14 heavy (non-hydrogen) atoms. The molecule has 0 bridgehead atoms. The zero-order valence-corrected chi connectivity index (χ0v) is 9.94. The van der Waals surface area contributed by atoms with Crippen molar-refractivity contribution in [2.75, 3.05) is 18.6 Å². The molecule has 0 fully saturated rings. The highest BCUT2D eigenvalue weighted by Gasteiger charge is 1.93. The van der Waals surface area contributed by atoms with E-state index in [9.17, 15) is 4.21 Å². The van der Waals surface area contributed by atoms with E-state index < -0.39 is 10.8 Å². The summed E-state index contributed by atoms with van der Waals surface area (Å²) >= 11 is 0. The standard InChI is InChI=1S/C11H21NOS/c1-3-12-10-8-6-4-5-7-9-11-14(2)13/h1,4-11H2,2H3. The molecule has 0 aromatic rings. The monoisotopic (exact) mass is 215 g/mol. The predicted octanol–water partition coefficient (Wildman–Crippen LogP) is 2.56. The second-order valence-corrected chi connectivity index (χ2v) is 4.99. The van der Waals surface area contributed by atoms with E-state index in [-0.39, 0.29) is 0 Å². The van der Waals surface area contributed by atoms with Crippen molar-refractivity contribution >= 4 is 16.7 Å². The third-order valence-corrected chi connectivity index (χ3v) is 2.93. The summed E-state index contributed by atoms with van der Waals surface area (Å²) in [5.74, 6) is 3.39. The first-order chi connectivity index (χ1) is 6.77. The van der Waals surface area contributed by atoms with Crippen molar-refractivity contribution in [2.45, 2.75) is 38.5 Å². The van der Waals surface area contributed by atoms with Crippen LogP contribution in [0.5, 0.6) is 0 Å². The Morgan fingerprint density at radius 2 is 1.71 bits per heavy atom. The second-order valence-electron chi connectivity index (χ2n) is 3.44. The Hall–Kier alpha value is -0.400. The van der Waals surface area contributed by atoms with Crippen LogP contribution in [0, 0.1) is 0 Å². The SMILES string of the molecule is C=C=NCCCCCCCCS(C)=O. The van der Waals surface area contributed by atoms with Crippen molar-refractivity contribution in [3.63, 3.8) is 0 Å². The predicted molar refractivity (Wildman–Crippen MR) is 64.6 cm³/mol. The molecule has 0 heterocycles. The zero-order chi connectivity index (χ0) is 10.6. The molecule has 0 aromatic heterocycles. The van der Waals surface area contributed by atoms with E-state index >= 15 is 0 Å². The van der Waals surface area contributed by atoms with Crippen molar-refractivity contribution in [2.24, 2.45) is 4.99 Å². The molecule has 1 unspecified atom stereocenters. The van der Waals surface area contributed by atoms with E-state index in [1.165, 1.54) is 25.7 Å². The van der Waals surface area contributed by atoms with E-state index in [1.807, 2.05) is 0 Å². The smallest absolute Gasteiger partial charge is 0.0483 e. The number of hydrogen-bond acceptors (Lipinski definition) is 2. The van der Waals surface area contributed by atoms with Gasteiger partial charge in [-0.1, -0.05) is 25.7 Å². The van der Waals surface area contributed by atoms with Crippen LogP contribution in [-0.4, -0.2) is 28.6 Å². The highest BCUT2D eigenvalue weighted by atomic mass is 32.2. The Bertz CT molecular complexity index is 189. The summed E-state index contributed by atoms with van der Waals surface area (Å²) in [6, 6.07) is 0. The van der Waals surface area contributed by atoms with Gasteiger partial charge in [-0.2, -0.15) is 0 Å². The van der Waals surface area contributed by atoms with Gasteiger partial charge in [-0.3, -0.25) is 4.21 Å². The average Bonchev–Trinajstić information content (AvgIpc) is 2.15. The number of hydrogen-bond donors (Lipinski definition) is 0. The van der Waals surface area contributed by atoms with Gasteiger partial charge < -0.3 is 0 Å². The molecule has 0 aromatic carbocycles. The van der Waals surface area contributed by atoms with Crippen LogP contribution in [0.25, 0.3) is 0 Å². The van der Waals surface area contributed by atoms with Gasteiger partial charge in [0.15, 0.2) is 0 Å². The summed E-state index contributed by atoms with van der Waals surface area (Å²) in [5, 5.41) is 0.